The Morgan fingerprint density at radius 2 is 1.93 bits per heavy atom. The van der Waals surface area contributed by atoms with E-state index in [0.29, 0.717) is 5.69 Å². The van der Waals surface area contributed by atoms with E-state index in [2.05, 4.69) is 4.99 Å². The SMILES string of the molecule is CC(C)(C)C=Nc1ccccc1C(=O)O. The Balaban J connectivity index is 3.05. The topological polar surface area (TPSA) is 49.7 Å². The predicted molar refractivity (Wildman–Crippen MR) is 61.0 cm³/mol. The van der Waals surface area contributed by atoms with E-state index < -0.39 is 5.97 Å². The van der Waals surface area contributed by atoms with Crippen LogP contribution in [0.2, 0.25) is 0 Å². The van der Waals surface area contributed by atoms with Gasteiger partial charge in [0.05, 0.1) is 11.3 Å². The predicted octanol–water partition coefficient (Wildman–Crippen LogP) is 3.13. The molecule has 3 heteroatoms. The molecule has 0 aromatic heterocycles. The Morgan fingerprint density at radius 1 is 1.33 bits per heavy atom. The van der Waals surface area contributed by atoms with Gasteiger partial charge in [-0.05, 0) is 17.5 Å². The number of carboxylic acid groups (broad SMARTS) is 1. The van der Waals surface area contributed by atoms with Crippen molar-refractivity contribution < 1.29 is 9.90 Å². The van der Waals surface area contributed by atoms with Gasteiger partial charge in [0.25, 0.3) is 0 Å². The van der Waals surface area contributed by atoms with Crippen LogP contribution in [0.25, 0.3) is 0 Å². The standard InChI is InChI=1S/C12H15NO2/c1-12(2,3)8-13-10-7-5-4-6-9(10)11(14)15/h4-8H,1-3H3,(H,14,15). The van der Waals surface area contributed by atoms with E-state index in [0.717, 1.165) is 0 Å². The second-order valence-electron chi connectivity index (χ2n) is 4.45. The van der Waals surface area contributed by atoms with Crippen molar-refractivity contribution in [2.45, 2.75) is 20.8 Å². The average molecular weight is 205 g/mol. The zero-order valence-corrected chi connectivity index (χ0v) is 9.19. The minimum atomic E-state index is -0.948. The van der Waals surface area contributed by atoms with Gasteiger partial charge >= 0.3 is 5.97 Å². The van der Waals surface area contributed by atoms with Gasteiger partial charge in [-0.15, -0.1) is 0 Å². The summed E-state index contributed by atoms with van der Waals surface area (Å²) >= 11 is 0. The van der Waals surface area contributed by atoms with Gasteiger partial charge in [0.1, 0.15) is 0 Å². The highest BCUT2D eigenvalue weighted by atomic mass is 16.4. The largest absolute Gasteiger partial charge is 0.478 e. The van der Waals surface area contributed by atoms with Gasteiger partial charge in [-0.3, -0.25) is 4.99 Å². The average Bonchev–Trinajstić information content (AvgIpc) is 2.14. The molecule has 1 aromatic carbocycles. The molecule has 0 aliphatic rings. The van der Waals surface area contributed by atoms with Crippen LogP contribution in [0.1, 0.15) is 31.1 Å². The fourth-order valence-corrected chi connectivity index (χ4v) is 1.03. The third-order valence-electron chi connectivity index (χ3n) is 1.73. The van der Waals surface area contributed by atoms with Crippen LogP contribution < -0.4 is 0 Å². The highest BCUT2D eigenvalue weighted by Crippen LogP contribution is 2.20. The van der Waals surface area contributed by atoms with Crippen LogP contribution in [0.3, 0.4) is 0 Å². The molecular weight excluding hydrogens is 190 g/mol. The molecule has 0 spiro atoms. The number of carbonyl (C=O) groups is 1. The van der Waals surface area contributed by atoms with E-state index in [1.165, 1.54) is 0 Å². The zero-order chi connectivity index (χ0) is 11.5. The number of carboxylic acids is 1. The Labute approximate surface area is 89.5 Å². The molecule has 3 nitrogen and oxygen atoms in total. The number of para-hydroxylation sites is 1. The Hall–Kier alpha value is -1.64. The summed E-state index contributed by atoms with van der Waals surface area (Å²) in [5, 5.41) is 8.92. The number of aromatic carboxylic acids is 1. The van der Waals surface area contributed by atoms with Crippen molar-refractivity contribution in [3.8, 4) is 0 Å². The minimum absolute atomic E-state index is 0.0500. The Morgan fingerprint density at radius 3 is 2.47 bits per heavy atom. The first-order chi connectivity index (χ1) is 6.90. The lowest BCUT2D eigenvalue weighted by Gasteiger charge is -2.10. The smallest absolute Gasteiger partial charge is 0.337 e. The summed E-state index contributed by atoms with van der Waals surface area (Å²) in [5.74, 6) is -0.948. The van der Waals surface area contributed by atoms with Crippen molar-refractivity contribution in [2.75, 3.05) is 0 Å². The molecule has 0 bridgehead atoms. The molecule has 0 unspecified atom stereocenters. The van der Waals surface area contributed by atoms with Gasteiger partial charge in [-0.2, -0.15) is 0 Å². The fourth-order valence-electron chi connectivity index (χ4n) is 1.03. The first-order valence-corrected chi connectivity index (χ1v) is 4.78. The summed E-state index contributed by atoms with van der Waals surface area (Å²) in [6.07, 6.45) is 1.76. The number of benzene rings is 1. The molecule has 0 saturated carbocycles. The van der Waals surface area contributed by atoms with Crippen LogP contribution in [0.15, 0.2) is 29.3 Å². The minimum Gasteiger partial charge on any atom is -0.478 e. The molecule has 1 aromatic rings. The maximum Gasteiger partial charge on any atom is 0.337 e. The van der Waals surface area contributed by atoms with Crippen LogP contribution in [0.5, 0.6) is 0 Å². The van der Waals surface area contributed by atoms with E-state index in [1.807, 2.05) is 20.8 Å². The van der Waals surface area contributed by atoms with Crippen molar-refractivity contribution >= 4 is 17.9 Å². The summed E-state index contributed by atoms with van der Waals surface area (Å²) in [5.41, 5.74) is 0.684. The van der Waals surface area contributed by atoms with Crippen molar-refractivity contribution in [3.63, 3.8) is 0 Å². The number of nitrogens with zero attached hydrogens (tertiary/aromatic N) is 1. The molecule has 0 radical (unpaired) electrons. The van der Waals surface area contributed by atoms with Crippen LogP contribution in [0.4, 0.5) is 5.69 Å². The van der Waals surface area contributed by atoms with Crippen molar-refractivity contribution in [3.05, 3.63) is 29.8 Å². The molecule has 15 heavy (non-hydrogen) atoms. The third kappa shape index (κ3) is 3.54. The van der Waals surface area contributed by atoms with Gasteiger partial charge in [-0.25, -0.2) is 4.79 Å². The van der Waals surface area contributed by atoms with Gasteiger partial charge in [0.2, 0.25) is 0 Å². The Kier molecular flexibility index (Phi) is 3.24. The molecular formula is C12H15NO2. The van der Waals surface area contributed by atoms with Crippen LogP contribution >= 0.6 is 0 Å². The second-order valence-corrected chi connectivity index (χ2v) is 4.45. The van der Waals surface area contributed by atoms with Gasteiger partial charge < -0.3 is 5.11 Å². The number of hydrogen-bond acceptors (Lipinski definition) is 2. The number of rotatable bonds is 2. The first kappa shape index (κ1) is 11.4. The molecule has 0 fully saturated rings. The van der Waals surface area contributed by atoms with E-state index in [-0.39, 0.29) is 11.0 Å². The molecule has 0 heterocycles. The van der Waals surface area contributed by atoms with Crippen molar-refractivity contribution in [1.82, 2.24) is 0 Å². The molecule has 0 amide bonds. The van der Waals surface area contributed by atoms with E-state index in [1.54, 1.807) is 30.5 Å². The van der Waals surface area contributed by atoms with Gasteiger partial charge in [-0.1, -0.05) is 32.9 Å². The van der Waals surface area contributed by atoms with Gasteiger partial charge in [0.15, 0.2) is 0 Å². The summed E-state index contributed by atoms with van der Waals surface area (Å²) in [6.45, 7) is 6.04. The maximum absolute atomic E-state index is 10.9. The van der Waals surface area contributed by atoms with Crippen LogP contribution in [0, 0.1) is 5.41 Å². The number of aliphatic imine (C=N–C) groups is 1. The highest BCUT2D eigenvalue weighted by Gasteiger charge is 2.09. The lowest BCUT2D eigenvalue weighted by Crippen LogP contribution is -2.06. The zero-order valence-electron chi connectivity index (χ0n) is 9.19. The molecule has 1 N–H and O–H groups in total. The van der Waals surface area contributed by atoms with E-state index >= 15 is 0 Å². The van der Waals surface area contributed by atoms with Crippen LogP contribution in [-0.4, -0.2) is 17.3 Å². The molecule has 0 aliphatic carbocycles. The van der Waals surface area contributed by atoms with Crippen molar-refractivity contribution in [2.24, 2.45) is 10.4 Å². The normalized spacial score (nSPS) is 11.9. The summed E-state index contributed by atoms with van der Waals surface area (Å²) in [7, 11) is 0. The summed E-state index contributed by atoms with van der Waals surface area (Å²) in [6, 6.07) is 6.73. The van der Waals surface area contributed by atoms with E-state index in [4.69, 9.17) is 5.11 Å². The molecule has 1 rings (SSSR count). The Bertz CT molecular complexity index is 389. The molecule has 0 saturated heterocycles. The van der Waals surface area contributed by atoms with E-state index in [9.17, 15) is 4.79 Å². The highest BCUT2D eigenvalue weighted by molar-refractivity contribution is 5.94. The second kappa shape index (κ2) is 4.26. The lowest BCUT2D eigenvalue weighted by atomic mass is 9.99. The monoisotopic (exact) mass is 205 g/mol. The quantitative estimate of drug-likeness (QED) is 0.754. The first-order valence-electron chi connectivity index (χ1n) is 4.78. The summed E-state index contributed by atoms with van der Waals surface area (Å²) < 4.78 is 0. The maximum atomic E-state index is 10.9. The number of hydrogen-bond donors (Lipinski definition) is 1. The van der Waals surface area contributed by atoms with Crippen LogP contribution in [-0.2, 0) is 0 Å². The van der Waals surface area contributed by atoms with Crippen molar-refractivity contribution in [1.29, 1.82) is 0 Å². The lowest BCUT2D eigenvalue weighted by molar-refractivity contribution is 0.0698. The molecule has 0 aliphatic heterocycles. The molecule has 0 atom stereocenters. The fraction of sp³-hybridized carbons (Fsp3) is 0.333. The van der Waals surface area contributed by atoms with Gasteiger partial charge in [0, 0.05) is 6.21 Å². The molecule has 80 valence electrons. The third-order valence-corrected chi connectivity index (χ3v) is 1.73. The summed E-state index contributed by atoms with van der Waals surface area (Å²) in [4.78, 5) is 15.1.